The van der Waals surface area contributed by atoms with Crippen LogP contribution in [-0.4, -0.2) is 23.1 Å². The maximum Gasteiger partial charge on any atom is 0.137 e. The summed E-state index contributed by atoms with van der Waals surface area (Å²) in [6, 6.07) is 0.583. The van der Waals surface area contributed by atoms with E-state index in [4.69, 9.17) is 10.7 Å². The molecule has 1 aliphatic carbocycles. The van der Waals surface area contributed by atoms with Gasteiger partial charge in [0.15, 0.2) is 0 Å². The van der Waals surface area contributed by atoms with Gasteiger partial charge in [0.2, 0.25) is 0 Å². The lowest BCUT2D eigenvalue weighted by Crippen LogP contribution is -2.36. The zero-order valence-electron chi connectivity index (χ0n) is 13.5. The normalized spacial score (nSPS) is 23.1. The SMILES string of the molecule is Cc1c(N)nc(C(C)C)nc1N(C)C1CCC(C)CC1. The van der Waals surface area contributed by atoms with Gasteiger partial charge in [0.25, 0.3) is 0 Å². The molecule has 1 saturated carbocycles. The van der Waals surface area contributed by atoms with Crippen molar-refractivity contribution >= 4 is 11.6 Å². The van der Waals surface area contributed by atoms with Crippen LogP contribution < -0.4 is 10.6 Å². The lowest BCUT2D eigenvalue weighted by Gasteiger charge is -2.35. The van der Waals surface area contributed by atoms with Crippen molar-refractivity contribution in [2.24, 2.45) is 5.92 Å². The summed E-state index contributed by atoms with van der Waals surface area (Å²) in [4.78, 5) is 11.5. The predicted molar refractivity (Wildman–Crippen MR) is 85.1 cm³/mol. The third kappa shape index (κ3) is 3.05. The molecule has 4 heteroatoms. The van der Waals surface area contributed by atoms with Crippen molar-refractivity contribution in [3.05, 3.63) is 11.4 Å². The van der Waals surface area contributed by atoms with Gasteiger partial charge in [0.05, 0.1) is 0 Å². The van der Waals surface area contributed by atoms with Crippen molar-refractivity contribution in [2.75, 3.05) is 17.7 Å². The highest BCUT2D eigenvalue weighted by atomic mass is 15.2. The third-order valence-corrected chi connectivity index (χ3v) is 4.56. The quantitative estimate of drug-likeness (QED) is 0.918. The van der Waals surface area contributed by atoms with Crippen molar-refractivity contribution in [1.82, 2.24) is 9.97 Å². The summed E-state index contributed by atoms with van der Waals surface area (Å²) < 4.78 is 0. The van der Waals surface area contributed by atoms with Gasteiger partial charge in [-0.25, -0.2) is 9.97 Å². The summed E-state index contributed by atoms with van der Waals surface area (Å²) in [7, 11) is 2.15. The molecule has 112 valence electrons. The van der Waals surface area contributed by atoms with E-state index in [9.17, 15) is 0 Å². The minimum Gasteiger partial charge on any atom is -0.383 e. The van der Waals surface area contributed by atoms with Gasteiger partial charge < -0.3 is 10.6 Å². The van der Waals surface area contributed by atoms with Crippen LogP contribution in [0.1, 0.15) is 63.8 Å². The van der Waals surface area contributed by atoms with E-state index in [1.807, 2.05) is 6.92 Å². The number of hydrogen-bond donors (Lipinski definition) is 1. The molecule has 0 bridgehead atoms. The first kappa shape index (κ1) is 15.1. The molecule has 4 nitrogen and oxygen atoms in total. The fraction of sp³-hybridized carbons (Fsp3) is 0.750. The van der Waals surface area contributed by atoms with Gasteiger partial charge in [-0.2, -0.15) is 0 Å². The molecule has 0 aliphatic heterocycles. The fourth-order valence-electron chi connectivity index (χ4n) is 2.94. The molecule has 20 heavy (non-hydrogen) atoms. The lowest BCUT2D eigenvalue weighted by molar-refractivity contribution is 0.339. The number of rotatable bonds is 3. The van der Waals surface area contributed by atoms with Crippen molar-refractivity contribution in [1.29, 1.82) is 0 Å². The molecular formula is C16H28N4. The summed E-state index contributed by atoms with van der Waals surface area (Å²) >= 11 is 0. The smallest absolute Gasteiger partial charge is 0.137 e. The molecule has 2 rings (SSSR count). The summed E-state index contributed by atoms with van der Waals surface area (Å²) in [5, 5.41) is 0. The average Bonchev–Trinajstić information content (AvgIpc) is 2.41. The Labute approximate surface area is 122 Å². The number of hydrogen-bond acceptors (Lipinski definition) is 4. The Balaban J connectivity index is 2.26. The van der Waals surface area contributed by atoms with Crippen LogP contribution in [0.25, 0.3) is 0 Å². The minimum atomic E-state index is 0.302. The minimum absolute atomic E-state index is 0.302. The molecule has 0 radical (unpaired) electrons. The van der Waals surface area contributed by atoms with E-state index in [2.05, 4.69) is 37.7 Å². The Hall–Kier alpha value is -1.32. The van der Waals surface area contributed by atoms with E-state index in [0.29, 0.717) is 17.8 Å². The van der Waals surface area contributed by atoms with Gasteiger partial charge in [-0.15, -0.1) is 0 Å². The van der Waals surface area contributed by atoms with E-state index >= 15 is 0 Å². The second-order valence-corrected chi connectivity index (χ2v) is 6.59. The Bertz CT molecular complexity index is 462. The van der Waals surface area contributed by atoms with Crippen molar-refractivity contribution < 1.29 is 0 Å². The first-order valence-corrected chi connectivity index (χ1v) is 7.77. The number of nitrogens with zero attached hydrogens (tertiary/aromatic N) is 3. The highest BCUT2D eigenvalue weighted by Crippen LogP contribution is 2.31. The molecule has 0 saturated heterocycles. The standard InChI is InChI=1S/C16H28N4/c1-10(2)15-18-14(17)12(4)16(19-15)20(5)13-8-6-11(3)7-9-13/h10-11,13H,6-9H2,1-5H3,(H2,17,18,19). The lowest BCUT2D eigenvalue weighted by atomic mass is 9.86. The van der Waals surface area contributed by atoms with Gasteiger partial charge in [0.1, 0.15) is 17.5 Å². The maximum atomic E-state index is 6.07. The molecule has 0 atom stereocenters. The predicted octanol–water partition coefficient (Wildman–Crippen LogP) is 3.51. The number of nitrogens with two attached hydrogens (primary N) is 1. The molecule has 0 aromatic carbocycles. The second-order valence-electron chi connectivity index (χ2n) is 6.59. The Morgan fingerprint density at radius 3 is 2.30 bits per heavy atom. The Morgan fingerprint density at radius 2 is 1.75 bits per heavy atom. The summed E-state index contributed by atoms with van der Waals surface area (Å²) in [6.45, 7) is 8.59. The molecule has 1 fully saturated rings. The summed E-state index contributed by atoms with van der Waals surface area (Å²) in [5.41, 5.74) is 7.08. The van der Waals surface area contributed by atoms with Gasteiger partial charge >= 0.3 is 0 Å². The molecule has 2 N–H and O–H groups in total. The van der Waals surface area contributed by atoms with E-state index < -0.39 is 0 Å². The third-order valence-electron chi connectivity index (χ3n) is 4.56. The zero-order valence-corrected chi connectivity index (χ0v) is 13.5. The van der Waals surface area contributed by atoms with Crippen LogP contribution in [0, 0.1) is 12.8 Å². The van der Waals surface area contributed by atoms with Gasteiger partial charge in [0, 0.05) is 24.6 Å². The number of aromatic nitrogens is 2. The number of anilines is 2. The fourth-order valence-corrected chi connectivity index (χ4v) is 2.94. The molecule has 1 aromatic heterocycles. The molecule has 1 heterocycles. The van der Waals surface area contributed by atoms with E-state index in [1.165, 1.54) is 25.7 Å². The van der Waals surface area contributed by atoms with Crippen LogP contribution in [0.4, 0.5) is 11.6 Å². The molecule has 0 unspecified atom stereocenters. The highest BCUT2D eigenvalue weighted by molar-refractivity contribution is 5.56. The Morgan fingerprint density at radius 1 is 1.15 bits per heavy atom. The van der Waals surface area contributed by atoms with Crippen LogP contribution in [0.2, 0.25) is 0 Å². The van der Waals surface area contributed by atoms with Crippen molar-refractivity contribution in [3.8, 4) is 0 Å². The number of nitrogen functional groups attached to an aromatic ring is 1. The van der Waals surface area contributed by atoms with Crippen LogP contribution in [0.3, 0.4) is 0 Å². The topological polar surface area (TPSA) is 55.0 Å². The van der Waals surface area contributed by atoms with Crippen LogP contribution in [0.15, 0.2) is 0 Å². The summed E-state index contributed by atoms with van der Waals surface area (Å²) in [6.07, 6.45) is 5.12. The highest BCUT2D eigenvalue weighted by Gasteiger charge is 2.24. The molecular weight excluding hydrogens is 248 g/mol. The monoisotopic (exact) mass is 276 g/mol. The van der Waals surface area contributed by atoms with E-state index in [1.54, 1.807) is 0 Å². The summed E-state index contributed by atoms with van der Waals surface area (Å²) in [5.74, 6) is 3.65. The average molecular weight is 276 g/mol. The largest absolute Gasteiger partial charge is 0.383 e. The Kier molecular flexibility index (Phi) is 4.51. The van der Waals surface area contributed by atoms with Gasteiger partial charge in [-0.1, -0.05) is 20.8 Å². The van der Waals surface area contributed by atoms with E-state index in [0.717, 1.165) is 23.1 Å². The molecule has 0 amide bonds. The van der Waals surface area contributed by atoms with Gasteiger partial charge in [-0.05, 0) is 38.5 Å². The van der Waals surface area contributed by atoms with Crippen LogP contribution in [0.5, 0.6) is 0 Å². The second kappa shape index (κ2) is 5.98. The zero-order chi connectivity index (χ0) is 14.9. The van der Waals surface area contributed by atoms with E-state index in [-0.39, 0.29) is 0 Å². The molecule has 1 aromatic rings. The first-order chi connectivity index (χ1) is 9.40. The first-order valence-electron chi connectivity index (χ1n) is 7.77. The van der Waals surface area contributed by atoms with Gasteiger partial charge in [-0.3, -0.25) is 0 Å². The van der Waals surface area contributed by atoms with Crippen LogP contribution >= 0.6 is 0 Å². The molecule has 1 aliphatic rings. The van der Waals surface area contributed by atoms with Crippen molar-refractivity contribution in [3.63, 3.8) is 0 Å². The van der Waals surface area contributed by atoms with Crippen molar-refractivity contribution in [2.45, 2.75) is 65.3 Å². The molecule has 0 spiro atoms. The maximum absolute atomic E-state index is 6.07. The van der Waals surface area contributed by atoms with Crippen LogP contribution in [-0.2, 0) is 0 Å².